The third-order valence-corrected chi connectivity index (χ3v) is 9.51. The first kappa shape index (κ1) is 23.5. The molecule has 0 saturated carbocycles. The fourth-order valence-corrected chi connectivity index (χ4v) is 7.76. The van der Waals surface area contributed by atoms with Crippen molar-refractivity contribution < 1.29 is 17.5 Å². The third-order valence-electron chi connectivity index (χ3n) is 6.54. The van der Waals surface area contributed by atoms with Gasteiger partial charge >= 0.3 is 0 Å². The van der Waals surface area contributed by atoms with Crippen molar-refractivity contribution in [3.05, 3.63) is 82.8 Å². The van der Waals surface area contributed by atoms with Crippen LogP contribution in [-0.4, -0.2) is 25.3 Å². The largest absolute Gasteiger partial charge is 0.748 e. The molecule has 0 unspecified atom stereocenters. The molecular formula is C28H24N2O3S3. The summed E-state index contributed by atoms with van der Waals surface area (Å²) >= 11 is 3.46. The van der Waals surface area contributed by atoms with Crippen molar-refractivity contribution in [2.24, 2.45) is 0 Å². The van der Waals surface area contributed by atoms with Gasteiger partial charge in [-0.3, -0.25) is 0 Å². The summed E-state index contributed by atoms with van der Waals surface area (Å²) in [6, 6.07) is 25.5. The van der Waals surface area contributed by atoms with E-state index >= 15 is 0 Å². The van der Waals surface area contributed by atoms with E-state index in [0.717, 1.165) is 32.2 Å². The van der Waals surface area contributed by atoms with E-state index in [2.05, 4.69) is 83.1 Å². The maximum atomic E-state index is 11.3. The molecule has 1 aliphatic heterocycles. The Bertz CT molecular complexity index is 1770. The Morgan fingerprint density at radius 2 is 1.58 bits per heavy atom. The van der Waals surface area contributed by atoms with Crippen LogP contribution in [0.1, 0.15) is 18.4 Å². The molecule has 0 N–H and O–H groups in total. The predicted octanol–water partition coefficient (Wildman–Crippen LogP) is 6.36. The maximum absolute atomic E-state index is 11.3. The van der Waals surface area contributed by atoms with Crippen LogP contribution in [0.4, 0.5) is 5.69 Å². The second-order valence-electron chi connectivity index (χ2n) is 8.87. The number of thioether (sulfide) groups is 1. The van der Waals surface area contributed by atoms with E-state index in [9.17, 15) is 13.0 Å². The summed E-state index contributed by atoms with van der Waals surface area (Å²) in [5.74, 6) is -0.366. The average molecular weight is 533 g/mol. The first-order valence-corrected chi connectivity index (χ1v) is 15.1. The number of benzene rings is 4. The molecule has 36 heavy (non-hydrogen) atoms. The van der Waals surface area contributed by atoms with Gasteiger partial charge in [-0.2, -0.15) is 4.57 Å². The van der Waals surface area contributed by atoms with Crippen LogP contribution in [-0.2, 0) is 16.7 Å². The molecule has 6 rings (SSSR count). The molecule has 5 aromatic rings. The van der Waals surface area contributed by atoms with E-state index in [-0.39, 0.29) is 12.2 Å². The summed E-state index contributed by atoms with van der Waals surface area (Å²) in [4.78, 5) is 3.57. The summed E-state index contributed by atoms with van der Waals surface area (Å²) in [5, 5.41) is 6.94. The van der Waals surface area contributed by atoms with Crippen LogP contribution in [0.5, 0.6) is 0 Å². The van der Waals surface area contributed by atoms with Crippen molar-refractivity contribution in [2.45, 2.75) is 24.8 Å². The van der Waals surface area contributed by atoms with Crippen molar-refractivity contribution in [1.29, 1.82) is 0 Å². The second kappa shape index (κ2) is 9.19. The van der Waals surface area contributed by atoms with Gasteiger partial charge in [0, 0.05) is 29.7 Å². The number of anilines is 1. The molecule has 0 saturated heterocycles. The zero-order chi connectivity index (χ0) is 24.9. The molecule has 0 spiro atoms. The zero-order valence-electron chi connectivity index (χ0n) is 19.7. The highest BCUT2D eigenvalue weighted by Gasteiger charge is 2.28. The quantitative estimate of drug-likeness (QED) is 0.188. The lowest BCUT2D eigenvalue weighted by Crippen LogP contribution is -2.36. The fourth-order valence-electron chi connectivity index (χ4n) is 4.85. The molecule has 0 radical (unpaired) electrons. The first-order chi connectivity index (χ1) is 17.4. The third kappa shape index (κ3) is 4.39. The van der Waals surface area contributed by atoms with E-state index < -0.39 is 10.1 Å². The summed E-state index contributed by atoms with van der Waals surface area (Å²) in [7, 11) is -4.26. The predicted molar refractivity (Wildman–Crippen MR) is 150 cm³/mol. The molecule has 4 aromatic carbocycles. The minimum absolute atomic E-state index is 0.279. The van der Waals surface area contributed by atoms with Gasteiger partial charge in [0.25, 0.3) is 5.01 Å². The van der Waals surface area contributed by atoms with E-state index in [1.54, 1.807) is 23.1 Å². The lowest BCUT2D eigenvalue weighted by molar-refractivity contribution is -0.668. The fraction of sp³-hybridized carbons (Fsp3) is 0.179. The van der Waals surface area contributed by atoms with Crippen LogP contribution in [0.3, 0.4) is 0 Å². The molecule has 8 heteroatoms. The number of thiazole rings is 1. The molecule has 0 amide bonds. The van der Waals surface area contributed by atoms with Crippen molar-refractivity contribution >= 4 is 76.7 Å². The van der Waals surface area contributed by atoms with E-state index in [4.69, 9.17) is 0 Å². The molecule has 2 heterocycles. The van der Waals surface area contributed by atoms with Crippen LogP contribution in [0.25, 0.3) is 37.8 Å². The molecule has 182 valence electrons. The summed E-state index contributed by atoms with van der Waals surface area (Å²) in [5.41, 5.74) is 2.27. The first-order valence-electron chi connectivity index (χ1n) is 11.9. The number of hydrogen-bond acceptors (Lipinski definition) is 6. The molecule has 0 fully saturated rings. The minimum atomic E-state index is -4.26. The highest BCUT2D eigenvalue weighted by Crippen LogP contribution is 2.48. The zero-order valence-corrected chi connectivity index (χ0v) is 22.1. The van der Waals surface area contributed by atoms with Gasteiger partial charge < -0.3 is 9.45 Å². The lowest BCUT2D eigenvalue weighted by Gasteiger charge is -2.17. The van der Waals surface area contributed by atoms with E-state index in [1.165, 1.54) is 26.7 Å². The molecular weight excluding hydrogens is 509 g/mol. The average Bonchev–Trinajstić information content (AvgIpc) is 3.36. The summed E-state index contributed by atoms with van der Waals surface area (Å²) in [6.45, 7) is 3.46. The highest BCUT2D eigenvalue weighted by molar-refractivity contribution is 8.04. The number of aromatic nitrogens is 1. The monoisotopic (exact) mass is 532 g/mol. The molecule has 0 atom stereocenters. The molecule has 1 aromatic heterocycles. The van der Waals surface area contributed by atoms with Crippen LogP contribution < -0.4 is 9.47 Å². The van der Waals surface area contributed by atoms with Crippen molar-refractivity contribution in [3.8, 4) is 0 Å². The summed E-state index contributed by atoms with van der Waals surface area (Å²) in [6.07, 6.45) is 2.49. The van der Waals surface area contributed by atoms with E-state index in [1.807, 2.05) is 12.1 Å². The van der Waals surface area contributed by atoms with Gasteiger partial charge in [-0.1, -0.05) is 71.6 Å². The van der Waals surface area contributed by atoms with Crippen LogP contribution in [0.15, 0.2) is 82.7 Å². The van der Waals surface area contributed by atoms with Crippen LogP contribution in [0, 0.1) is 0 Å². The van der Waals surface area contributed by atoms with Gasteiger partial charge in [0.15, 0.2) is 6.54 Å². The Hall–Kier alpha value is -2.91. The Morgan fingerprint density at radius 1 is 0.944 bits per heavy atom. The minimum Gasteiger partial charge on any atom is -0.748 e. The lowest BCUT2D eigenvalue weighted by atomic mass is 10.1. The number of aryl methyl sites for hydroxylation is 1. The Morgan fingerprint density at radius 3 is 2.25 bits per heavy atom. The van der Waals surface area contributed by atoms with E-state index in [0.29, 0.717) is 6.54 Å². The SMILES string of the molecule is CCN1C(=Cc2sc3cc4ccccc4cc3[n+]2CCCS(=O)(=O)[O-])Sc2cc3ccccc3cc21. The maximum Gasteiger partial charge on any atom is 0.265 e. The standard InChI is InChI=1S/C28H24N2O3S3/c1-2-29-23-14-19-8-3-5-10-21(19)16-25(23)34-27(29)18-28-30(12-7-13-36(31,32)33)24-15-20-9-4-6-11-22(20)17-26(24)35-28/h3-6,8-11,14-18H,2,7,12-13H2,1H3. The smallest absolute Gasteiger partial charge is 0.265 e. The number of hydrogen-bond donors (Lipinski definition) is 0. The van der Waals surface area contributed by atoms with Crippen LogP contribution in [0.2, 0.25) is 0 Å². The summed E-state index contributed by atoms with van der Waals surface area (Å²) < 4.78 is 37.2. The molecule has 5 nitrogen and oxygen atoms in total. The second-order valence-corrected chi connectivity index (χ2v) is 12.5. The number of fused-ring (bicyclic) bond motifs is 4. The van der Waals surface area contributed by atoms with Crippen molar-refractivity contribution in [1.82, 2.24) is 0 Å². The Labute approximate surface area is 218 Å². The Balaban J connectivity index is 1.46. The van der Waals surface area contributed by atoms with Crippen molar-refractivity contribution in [2.75, 3.05) is 17.2 Å². The van der Waals surface area contributed by atoms with Crippen molar-refractivity contribution in [3.63, 3.8) is 0 Å². The van der Waals surface area contributed by atoms with Gasteiger partial charge in [-0.05, 0) is 46.7 Å². The van der Waals surface area contributed by atoms with Crippen LogP contribution >= 0.6 is 23.1 Å². The molecule has 1 aliphatic rings. The van der Waals surface area contributed by atoms with Gasteiger partial charge in [-0.15, -0.1) is 0 Å². The highest BCUT2D eigenvalue weighted by atomic mass is 32.2. The Kier molecular flexibility index (Phi) is 6.00. The molecule has 0 bridgehead atoms. The topological polar surface area (TPSA) is 64.3 Å². The van der Waals surface area contributed by atoms with Gasteiger partial charge in [-0.25, -0.2) is 8.42 Å². The molecule has 0 aliphatic carbocycles. The van der Waals surface area contributed by atoms with Gasteiger partial charge in [0.1, 0.15) is 4.70 Å². The number of nitrogens with zero attached hydrogens (tertiary/aromatic N) is 2. The van der Waals surface area contributed by atoms with Gasteiger partial charge in [0.05, 0.1) is 26.9 Å². The van der Waals surface area contributed by atoms with Gasteiger partial charge in [0.2, 0.25) is 5.52 Å². The normalized spacial score (nSPS) is 14.9. The number of rotatable bonds is 6.